The van der Waals surface area contributed by atoms with E-state index in [4.69, 9.17) is 9.97 Å². The standard InChI is InChI=1S/2C30H35FN4O/c2*1-17-14-21(30(36)33-23-4-3-5-23)15-27-28(17)35-29(34-27)18(2)19-6-8-20(9-7-19)24-12-13-32-26-11-10-22(31)16-25(24)26/h2*10-16,18-20,23-24,32H,3-9H2,1-2H3,(H,33,36)(H,34,35)/t2*18-,19?,20?,24?/m10/s1. The first-order valence-electron chi connectivity index (χ1n) is 27.0. The van der Waals surface area contributed by atoms with E-state index in [-0.39, 0.29) is 35.3 Å². The van der Waals surface area contributed by atoms with Gasteiger partial charge in [-0.15, -0.1) is 0 Å². The molecule has 4 atom stereocenters. The third-order valence-corrected chi connectivity index (χ3v) is 17.8. The van der Waals surface area contributed by atoms with E-state index < -0.39 is 0 Å². The Balaban J connectivity index is 0.000000156. The van der Waals surface area contributed by atoms with Crippen LogP contribution in [0.25, 0.3) is 22.1 Å². The number of H-pyrrole nitrogens is 2. The van der Waals surface area contributed by atoms with Crippen molar-refractivity contribution >= 4 is 45.3 Å². The minimum Gasteiger partial charge on any atom is -0.362 e. The topological polar surface area (TPSA) is 140 Å². The lowest BCUT2D eigenvalue weighted by molar-refractivity contribution is 0.0908. The Bertz CT molecular complexity index is 2840. The maximum atomic E-state index is 14.0. The van der Waals surface area contributed by atoms with Gasteiger partial charge in [-0.25, -0.2) is 18.7 Å². The summed E-state index contributed by atoms with van der Waals surface area (Å²) >= 11 is 0. The Labute approximate surface area is 422 Å². The highest BCUT2D eigenvalue weighted by molar-refractivity contribution is 5.99. The van der Waals surface area contributed by atoms with Crippen LogP contribution in [0.5, 0.6) is 0 Å². The lowest BCUT2D eigenvalue weighted by atomic mass is 9.70. The normalized spacial score (nSPS) is 24.6. The molecule has 2 aliphatic heterocycles. The molecule has 4 aliphatic carbocycles. The van der Waals surface area contributed by atoms with Gasteiger partial charge in [-0.05, 0) is 223 Å². The maximum absolute atomic E-state index is 14.0. The Kier molecular flexibility index (Phi) is 13.5. The molecule has 2 amide bonds. The number of rotatable bonds is 10. The Morgan fingerprint density at radius 1 is 0.556 bits per heavy atom. The van der Waals surface area contributed by atoms with E-state index in [0.29, 0.717) is 58.7 Å². The number of hydrogen-bond donors (Lipinski definition) is 6. The van der Waals surface area contributed by atoms with Gasteiger partial charge in [0.05, 0.1) is 22.1 Å². The molecule has 4 aromatic carbocycles. The van der Waals surface area contributed by atoms with Crippen molar-refractivity contribution in [1.29, 1.82) is 0 Å². The van der Waals surface area contributed by atoms with E-state index in [2.05, 4.69) is 57.2 Å². The number of aromatic amines is 2. The second-order valence-electron chi connectivity index (χ2n) is 22.3. The fraction of sp³-hybridized carbons (Fsp3) is 0.467. The number of carbonyl (C=O) groups is 2. The summed E-state index contributed by atoms with van der Waals surface area (Å²) in [6.07, 6.45) is 24.2. The summed E-state index contributed by atoms with van der Waals surface area (Å²) in [6.45, 7) is 8.63. The van der Waals surface area contributed by atoms with E-state index in [1.165, 1.54) is 25.0 Å². The first-order chi connectivity index (χ1) is 34.9. The molecule has 10 nitrogen and oxygen atoms in total. The summed E-state index contributed by atoms with van der Waals surface area (Å²) in [4.78, 5) is 42.5. The summed E-state index contributed by atoms with van der Waals surface area (Å²) in [5, 5.41) is 12.8. The lowest BCUT2D eigenvalue weighted by Crippen LogP contribution is -2.39. The number of anilines is 2. The van der Waals surface area contributed by atoms with Crippen molar-refractivity contribution in [1.82, 2.24) is 30.6 Å². The molecule has 72 heavy (non-hydrogen) atoms. The average molecular weight is 973 g/mol. The van der Waals surface area contributed by atoms with Gasteiger partial charge >= 0.3 is 0 Å². The minimum absolute atomic E-state index is 0.0145. The third kappa shape index (κ3) is 9.82. The highest BCUT2D eigenvalue weighted by Crippen LogP contribution is 2.48. The van der Waals surface area contributed by atoms with Gasteiger partial charge in [0.25, 0.3) is 11.8 Å². The van der Waals surface area contributed by atoms with Crippen molar-refractivity contribution < 1.29 is 18.4 Å². The van der Waals surface area contributed by atoms with E-state index in [1.807, 2.05) is 62.6 Å². The molecule has 2 unspecified atom stereocenters. The molecule has 4 saturated carbocycles. The summed E-state index contributed by atoms with van der Waals surface area (Å²) in [7, 11) is 0. The van der Waals surface area contributed by atoms with E-state index in [1.54, 1.807) is 12.1 Å². The van der Waals surface area contributed by atoms with Crippen molar-refractivity contribution in [3.63, 3.8) is 0 Å². The first kappa shape index (κ1) is 48.0. The molecule has 6 aliphatic rings. The summed E-state index contributed by atoms with van der Waals surface area (Å²) < 4.78 is 27.9. The van der Waals surface area contributed by atoms with Crippen molar-refractivity contribution in [2.45, 2.75) is 153 Å². The number of imidazole rings is 2. The predicted octanol–water partition coefficient (Wildman–Crippen LogP) is 13.9. The summed E-state index contributed by atoms with van der Waals surface area (Å²) in [6, 6.07) is 18.6. The zero-order valence-electron chi connectivity index (χ0n) is 42.2. The predicted molar refractivity (Wildman–Crippen MR) is 283 cm³/mol. The van der Waals surface area contributed by atoms with Crippen LogP contribution < -0.4 is 21.3 Å². The van der Waals surface area contributed by atoms with Gasteiger partial charge in [0.1, 0.15) is 23.3 Å². The highest BCUT2D eigenvalue weighted by Gasteiger charge is 2.35. The van der Waals surface area contributed by atoms with Gasteiger partial charge in [-0.1, -0.05) is 26.0 Å². The van der Waals surface area contributed by atoms with Crippen molar-refractivity contribution in [2.24, 2.45) is 23.7 Å². The van der Waals surface area contributed by atoms with Crippen LogP contribution >= 0.6 is 0 Å². The number of aromatic nitrogens is 4. The molecule has 2 aromatic heterocycles. The molecule has 6 aromatic rings. The van der Waals surface area contributed by atoms with E-state index >= 15 is 0 Å². The molecule has 4 heterocycles. The average Bonchev–Trinajstić information content (AvgIpc) is 4.02. The van der Waals surface area contributed by atoms with Gasteiger partial charge in [0, 0.05) is 58.3 Å². The van der Waals surface area contributed by atoms with Crippen molar-refractivity contribution in [3.05, 3.63) is 142 Å². The largest absolute Gasteiger partial charge is 0.362 e. The van der Waals surface area contributed by atoms with Gasteiger partial charge in [0.2, 0.25) is 0 Å². The molecular weight excluding hydrogens is 903 g/mol. The number of hydrogen-bond acceptors (Lipinski definition) is 6. The molecular formula is C60H70F2N8O2. The molecule has 376 valence electrons. The van der Waals surface area contributed by atoms with Gasteiger partial charge in [-0.2, -0.15) is 0 Å². The molecule has 6 N–H and O–H groups in total. The van der Waals surface area contributed by atoms with Gasteiger partial charge in [0.15, 0.2) is 0 Å². The fourth-order valence-electron chi connectivity index (χ4n) is 12.8. The van der Waals surface area contributed by atoms with Crippen LogP contribution in [-0.4, -0.2) is 43.8 Å². The van der Waals surface area contributed by atoms with Gasteiger partial charge in [-0.3, -0.25) is 9.59 Å². The molecule has 12 rings (SSSR count). The minimum atomic E-state index is -0.165. The molecule has 0 spiro atoms. The SMILES string of the molecule is Cc1cc(C(=O)NC2CCC2)cc2[nH]c([C@@H](C)C3CCC(C4C=CNc5ccc(F)cc54)CC3)nc12.Cc1cc(C(=O)NC2CCC2)cc2[nH]c([C@H](C)C3CCC(C4C=CNc5ccc(F)cc54)CC3)nc12. The van der Waals surface area contributed by atoms with Gasteiger partial charge < -0.3 is 31.2 Å². The number of amides is 2. The van der Waals surface area contributed by atoms with Crippen LogP contribution in [0.2, 0.25) is 0 Å². The van der Waals surface area contributed by atoms with Crippen LogP contribution in [0.4, 0.5) is 20.2 Å². The zero-order valence-corrected chi connectivity index (χ0v) is 42.2. The van der Waals surface area contributed by atoms with Crippen LogP contribution in [0, 0.1) is 49.2 Å². The number of halogens is 2. The van der Waals surface area contributed by atoms with Crippen LogP contribution in [0.1, 0.15) is 182 Å². The number of nitrogens with one attached hydrogen (secondary N) is 6. The summed E-state index contributed by atoms with van der Waals surface area (Å²) in [5.41, 5.74) is 11.5. The van der Waals surface area contributed by atoms with Crippen LogP contribution in [0.15, 0.2) is 85.2 Å². The molecule has 0 radical (unpaired) electrons. The molecule has 4 fully saturated rings. The second kappa shape index (κ2) is 20.3. The quantitative estimate of drug-likeness (QED) is 0.0808. The maximum Gasteiger partial charge on any atom is 0.251 e. The fourth-order valence-corrected chi connectivity index (χ4v) is 12.8. The molecule has 0 bridgehead atoms. The second-order valence-corrected chi connectivity index (χ2v) is 22.3. The first-order valence-corrected chi connectivity index (χ1v) is 27.0. The number of aryl methyl sites for hydroxylation is 2. The van der Waals surface area contributed by atoms with Crippen molar-refractivity contribution in [3.8, 4) is 0 Å². The molecule has 12 heteroatoms. The number of allylic oxidation sites excluding steroid dienone is 2. The smallest absolute Gasteiger partial charge is 0.251 e. The van der Waals surface area contributed by atoms with E-state index in [0.717, 1.165) is 144 Å². The number of nitrogens with zero attached hydrogens (tertiary/aromatic N) is 2. The number of benzene rings is 4. The van der Waals surface area contributed by atoms with Crippen molar-refractivity contribution in [2.75, 3.05) is 10.6 Å². The number of carbonyl (C=O) groups excluding carboxylic acids is 2. The number of fused-ring (bicyclic) bond motifs is 4. The Morgan fingerprint density at radius 3 is 1.33 bits per heavy atom. The zero-order chi connectivity index (χ0) is 49.6. The monoisotopic (exact) mass is 973 g/mol. The van der Waals surface area contributed by atoms with Crippen LogP contribution in [0.3, 0.4) is 0 Å². The van der Waals surface area contributed by atoms with E-state index in [9.17, 15) is 18.4 Å². The third-order valence-electron chi connectivity index (χ3n) is 17.8. The summed E-state index contributed by atoms with van der Waals surface area (Å²) in [5.74, 6) is 5.08. The highest BCUT2D eigenvalue weighted by atomic mass is 19.1. The van der Waals surface area contributed by atoms with Crippen LogP contribution in [-0.2, 0) is 0 Å². The molecule has 0 saturated heterocycles. The Morgan fingerprint density at radius 2 is 0.958 bits per heavy atom. The lowest BCUT2D eigenvalue weighted by Gasteiger charge is -2.36. The Hall–Kier alpha value is -6.30.